The Morgan fingerprint density at radius 3 is 2.53 bits per heavy atom. The van der Waals surface area contributed by atoms with Crippen LogP contribution in [0.2, 0.25) is 0 Å². The van der Waals surface area contributed by atoms with E-state index in [9.17, 15) is 13.5 Å². The summed E-state index contributed by atoms with van der Waals surface area (Å²) in [6.07, 6.45) is 0. The number of nitrogens with two attached hydrogens (primary N) is 1. The Bertz CT molecular complexity index is 620. The van der Waals surface area contributed by atoms with Gasteiger partial charge in [-0.1, -0.05) is 12.1 Å². The first-order valence-corrected chi connectivity index (χ1v) is 5.78. The van der Waals surface area contributed by atoms with Gasteiger partial charge in [0.05, 0.1) is 4.90 Å². The second-order valence-corrected chi connectivity index (χ2v) is 4.77. The second-order valence-electron chi connectivity index (χ2n) is 3.21. The minimum atomic E-state index is -3.69. The molecule has 0 saturated heterocycles. The van der Waals surface area contributed by atoms with Crippen LogP contribution in [0.15, 0.2) is 41.3 Å². The summed E-state index contributed by atoms with van der Waals surface area (Å²) in [4.78, 5) is 0.0422. The summed E-state index contributed by atoms with van der Waals surface area (Å²) in [5.74, 6) is 0.119. The highest BCUT2D eigenvalue weighted by Crippen LogP contribution is 2.25. The van der Waals surface area contributed by atoms with E-state index in [1.165, 1.54) is 18.2 Å². The predicted molar refractivity (Wildman–Crippen MR) is 57.0 cm³/mol. The molecule has 78 valence electrons. The number of hydrogen-bond acceptors (Lipinski definition) is 3. The van der Waals surface area contributed by atoms with Gasteiger partial charge in [0.1, 0.15) is 5.75 Å². The first kappa shape index (κ1) is 9.95. The SMILES string of the molecule is NS(=O)(=O)c1ccc2c(O)cccc2c1. The molecule has 0 aromatic heterocycles. The number of phenols is 1. The van der Waals surface area contributed by atoms with Crippen molar-refractivity contribution in [2.24, 2.45) is 5.14 Å². The molecule has 5 heteroatoms. The number of phenolic OH excluding ortho intramolecular Hbond substituents is 1. The molecule has 0 atom stereocenters. The molecule has 0 heterocycles. The molecule has 3 N–H and O–H groups in total. The van der Waals surface area contributed by atoms with Crippen molar-refractivity contribution in [3.8, 4) is 5.75 Å². The topological polar surface area (TPSA) is 80.4 Å². The van der Waals surface area contributed by atoms with E-state index in [0.29, 0.717) is 10.8 Å². The molecule has 0 spiro atoms. The van der Waals surface area contributed by atoms with Gasteiger partial charge >= 0.3 is 0 Å². The van der Waals surface area contributed by atoms with E-state index in [4.69, 9.17) is 5.14 Å². The molecule has 0 aliphatic carbocycles. The van der Waals surface area contributed by atoms with Crippen LogP contribution in [0.4, 0.5) is 0 Å². The molecule has 0 aliphatic heterocycles. The van der Waals surface area contributed by atoms with Gasteiger partial charge in [-0.05, 0) is 29.7 Å². The Kier molecular flexibility index (Phi) is 2.13. The monoisotopic (exact) mass is 223 g/mol. The summed E-state index contributed by atoms with van der Waals surface area (Å²) in [6, 6.07) is 9.24. The molecular formula is C10H9NO3S. The Morgan fingerprint density at radius 2 is 1.87 bits per heavy atom. The fourth-order valence-corrected chi connectivity index (χ4v) is 1.97. The zero-order valence-corrected chi connectivity index (χ0v) is 8.53. The zero-order valence-electron chi connectivity index (χ0n) is 7.71. The second kappa shape index (κ2) is 3.22. The van der Waals surface area contributed by atoms with Gasteiger partial charge in [0.15, 0.2) is 0 Å². The Morgan fingerprint density at radius 1 is 1.13 bits per heavy atom. The van der Waals surface area contributed by atoms with Crippen LogP contribution in [0, 0.1) is 0 Å². The van der Waals surface area contributed by atoms with E-state index in [-0.39, 0.29) is 10.6 Å². The van der Waals surface area contributed by atoms with Crippen molar-refractivity contribution in [1.29, 1.82) is 0 Å². The fraction of sp³-hybridized carbons (Fsp3) is 0. The van der Waals surface area contributed by atoms with E-state index in [2.05, 4.69) is 0 Å². The lowest BCUT2D eigenvalue weighted by Crippen LogP contribution is -2.11. The molecule has 0 radical (unpaired) electrons. The molecular weight excluding hydrogens is 214 g/mol. The fourth-order valence-electron chi connectivity index (χ4n) is 1.42. The number of aromatic hydroxyl groups is 1. The van der Waals surface area contributed by atoms with Crippen molar-refractivity contribution < 1.29 is 13.5 Å². The van der Waals surface area contributed by atoms with Gasteiger partial charge in [0.25, 0.3) is 0 Å². The third-order valence-electron chi connectivity index (χ3n) is 2.16. The average Bonchev–Trinajstić information content (AvgIpc) is 2.16. The van der Waals surface area contributed by atoms with Crippen molar-refractivity contribution >= 4 is 20.8 Å². The quantitative estimate of drug-likeness (QED) is 0.762. The van der Waals surface area contributed by atoms with Gasteiger partial charge in [-0.2, -0.15) is 0 Å². The van der Waals surface area contributed by atoms with Crippen molar-refractivity contribution in [3.05, 3.63) is 36.4 Å². The number of fused-ring (bicyclic) bond motifs is 1. The summed E-state index contributed by atoms with van der Waals surface area (Å²) in [5.41, 5.74) is 0. The summed E-state index contributed by atoms with van der Waals surface area (Å²) < 4.78 is 22.2. The Hall–Kier alpha value is -1.59. The molecule has 2 rings (SSSR count). The number of hydrogen-bond donors (Lipinski definition) is 2. The first-order chi connectivity index (χ1) is 6.98. The van der Waals surface area contributed by atoms with Gasteiger partial charge < -0.3 is 5.11 Å². The summed E-state index contributed by atoms with van der Waals surface area (Å²) in [6.45, 7) is 0. The van der Waals surface area contributed by atoms with Crippen molar-refractivity contribution in [1.82, 2.24) is 0 Å². The standard InChI is InChI=1S/C10H9NO3S/c11-15(13,14)8-4-5-9-7(6-8)2-1-3-10(9)12/h1-6,12H,(H2,11,13,14). The van der Waals surface area contributed by atoms with Gasteiger partial charge in [0.2, 0.25) is 10.0 Å². The van der Waals surface area contributed by atoms with Crippen molar-refractivity contribution in [3.63, 3.8) is 0 Å². The summed E-state index contributed by atoms with van der Waals surface area (Å²) >= 11 is 0. The maximum atomic E-state index is 11.1. The third-order valence-corrected chi connectivity index (χ3v) is 3.07. The smallest absolute Gasteiger partial charge is 0.238 e. The first-order valence-electron chi connectivity index (χ1n) is 4.23. The average molecular weight is 223 g/mol. The molecule has 0 aliphatic rings. The molecule has 15 heavy (non-hydrogen) atoms. The van der Waals surface area contributed by atoms with Crippen LogP contribution in [0.3, 0.4) is 0 Å². The molecule has 2 aromatic rings. The molecule has 4 nitrogen and oxygen atoms in total. The van der Waals surface area contributed by atoms with Crippen LogP contribution >= 0.6 is 0 Å². The molecule has 0 saturated carbocycles. The molecule has 0 amide bonds. The van der Waals surface area contributed by atoms with Crippen LogP contribution in [-0.2, 0) is 10.0 Å². The largest absolute Gasteiger partial charge is 0.507 e. The van der Waals surface area contributed by atoms with Crippen molar-refractivity contribution in [2.45, 2.75) is 4.90 Å². The highest BCUT2D eigenvalue weighted by molar-refractivity contribution is 7.89. The molecule has 2 aromatic carbocycles. The van der Waals surface area contributed by atoms with Gasteiger partial charge in [-0.3, -0.25) is 0 Å². The third kappa shape index (κ3) is 1.79. The van der Waals surface area contributed by atoms with Crippen LogP contribution in [-0.4, -0.2) is 13.5 Å². The molecule has 0 fully saturated rings. The number of primary sulfonamides is 1. The minimum Gasteiger partial charge on any atom is -0.507 e. The van der Waals surface area contributed by atoms with Crippen LogP contribution in [0.25, 0.3) is 10.8 Å². The number of rotatable bonds is 1. The Labute approximate surface area is 87.0 Å². The van der Waals surface area contributed by atoms with Gasteiger partial charge in [0, 0.05) is 5.39 Å². The van der Waals surface area contributed by atoms with E-state index < -0.39 is 10.0 Å². The van der Waals surface area contributed by atoms with Crippen molar-refractivity contribution in [2.75, 3.05) is 0 Å². The zero-order chi connectivity index (χ0) is 11.1. The minimum absolute atomic E-state index is 0.0422. The summed E-state index contributed by atoms with van der Waals surface area (Å²) in [7, 11) is -3.69. The summed E-state index contributed by atoms with van der Waals surface area (Å²) in [5, 5.41) is 15.7. The lowest BCUT2D eigenvalue weighted by molar-refractivity contribution is 0.481. The Balaban J connectivity index is 2.79. The van der Waals surface area contributed by atoms with Gasteiger partial charge in [-0.15, -0.1) is 0 Å². The highest BCUT2D eigenvalue weighted by Gasteiger charge is 2.08. The number of benzene rings is 2. The molecule has 0 bridgehead atoms. The van der Waals surface area contributed by atoms with E-state index in [1.807, 2.05) is 0 Å². The number of sulfonamides is 1. The molecule has 0 unspecified atom stereocenters. The predicted octanol–water partition coefficient (Wildman–Crippen LogP) is 1.19. The van der Waals surface area contributed by atoms with Crippen LogP contribution in [0.5, 0.6) is 5.75 Å². The van der Waals surface area contributed by atoms with Crippen LogP contribution < -0.4 is 5.14 Å². The van der Waals surface area contributed by atoms with E-state index in [0.717, 1.165) is 0 Å². The van der Waals surface area contributed by atoms with E-state index in [1.54, 1.807) is 18.2 Å². The van der Waals surface area contributed by atoms with Gasteiger partial charge in [-0.25, -0.2) is 13.6 Å². The van der Waals surface area contributed by atoms with E-state index >= 15 is 0 Å². The highest BCUT2D eigenvalue weighted by atomic mass is 32.2. The normalized spacial score (nSPS) is 11.8. The maximum Gasteiger partial charge on any atom is 0.238 e. The lowest BCUT2D eigenvalue weighted by Gasteiger charge is -2.02. The maximum absolute atomic E-state index is 11.1. The van der Waals surface area contributed by atoms with Crippen LogP contribution in [0.1, 0.15) is 0 Å². The lowest BCUT2D eigenvalue weighted by atomic mass is 10.1.